The lowest BCUT2D eigenvalue weighted by atomic mass is 10.1. The van der Waals surface area contributed by atoms with Gasteiger partial charge in [0.15, 0.2) is 17.7 Å². The number of benzene rings is 3. The Kier molecular flexibility index (Phi) is 6.71. The number of allylic oxidation sites excluding steroid dienone is 1. The van der Waals surface area contributed by atoms with Crippen LogP contribution >= 0.6 is 0 Å². The zero-order valence-corrected chi connectivity index (χ0v) is 19.6. The predicted octanol–water partition coefficient (Wildman–Crippen LogP) is 4.54. The molecule has 4 rings (SSSR count). The molecule has 1 atom stereocenters. The van der Waals surface area contributed by atoms with Gasteiger partial charge in [-0.25, -0.2) is 22.6 Å². The SMILES string of the molecule is C[C@H](OC(=O)c1cccc(S(=O)(=O)Nc2ccccc2F)c1)/C(O)=C(\C#N)c1nc2ccccc2[nH]1. The quantitative estimate of drug-likeness (QED) is 0.189. The maximum absolute atomic E-state index is 13.9. The van der Waals surface area contributed by atoms with Gasteiger partial charge in [0.05, 0.1) is 27.2 Å². The van der Waals surface area contributed by atoms with Crippen LogP contribution in [-0.4, -0.2) is 35.6 Å². The number of H-pyrrole nitrogens is 1. The molecule has 11 heteroatoms. The van der Waals surface area contributed by atoms with Crippen molar-refractivity contribution in [2.45, 2.75) is 17.9 Å². The Hall–Kier alpha value is -4.69. The molecule has 9 nitrogen and oxygen atoms in total. The number of aliphatic hydroxyl groups is 1. The molecule has 0 saturated carbocycles. The number of carbonyl (C=O) groups is 1. The van der Waals surface area contributed by atoms with E-state index in [9.17, 15) is 28.0 Å². The normalized spacial score (nSPS) is 12.9. The first kappa shape index (κ1) is 24.4. The summed E-state index contributed by atoms with van der Waals surface area (Å²) >= 11 is 0. The van der Waals surface area contributed by atoms with Crippen molar-refractivity contribution in [3.8, 4) is 6.07 Å². The lowest BCUT2D eigenvalue weighted by molar-refractivity contribution is 0.0334. The number of para-hydroxylation sites is 3. The van der Waals surface area contributed by atoms with Crippen molar-refractivity contribution >= 4 is 38.3 Å². The van der Waals surface area contributed by atoms with E-state index in [0.717, 1.165) is 12.1 Å². The van der Waals surface area contributed by atoms with E-state index in [1.54, 1.807) is 24.3 Å². The number of nitriles is 1. The molecule has 0 aliphatic heterocycles. The van der Waals surface area contributed by atoms with Gasteiger partial charge in [0.1, 0.15) is 17.5 Å². The average Bonchev–Trinajstić information content (AvgIpc) is 3.29. The lowest BCUT2D eigenvalue weighted by Gasteiger charge is -2.14. The molecule has 36 heavy (non-hydrogen) atoms. The number of nitrogens with one attached hydrogen (secondary N) is 2. The van der Waals surface area contributed by atoms with E-state index in [2.05, 4.69) is 14.7 Å². The number of nitrogens with zero attached hydrogens (tertiary/aromatic N) is 2. The second-order valence-electron chi connectivity index (χ2n) is 7.64. The van der Waals surface area contributed by atoms with Gasteiger partial charge in [-0.15, -0.1) is 0 Å². The molecule has 1 aromatic heterocycles. The van der Waals surface area contributed by atoms with Crippen LogP contribution in [-0.2, 0) is 14.8 Å². The first-order chi connectivity index (χ1) is 17.2. The van der Waals surface area contributed by atoms with E-state index in [-0.39, 0.29) is 27.5 Å². The van der Waals surface area contributed by atoms with Crippen LogP contribution in [0.2, 0.25) is 0 Å². The second-order valence-corrected chi connectivity index (χ2v) is 9.32. The van der Waals surface area contributed by atoms with E-state index in [1.165, 1.54) is 43.3 Å². The van der Waals surface area contributed by atoms with Crippen LogP contribution in [0.4, 0.5) is 10.1 Å². The highest BCUT2D eigenvalue weighted by Gasteiger charge is 2.23. The minimum absolute atomic E-state index is 0.103. The molecular weight excluding hydrogens is 487 g/mol. The zero-order chi connectivity index (χ0) is 25.9. The van der Waals surface area contributed by atoms with E-state index in [1.807, 2.05) is 6.07 Å². The van der Waals surface area contributed by atoms with Crippen molar-refractivity contribution in [3.05, 3.63) is 95.8 Å². The number of carbonyl (C=O) groups excluding carboxylic acids is 1. The number of sulfonamides is 1. The Morgan fingerprint density at radius 3 is 2.58 bits per heavy atom. The van der Waals surface area contributed by atoms with E-state index < -0.39 is 33.7 Å². The zero-order valence-electron chi connectivity index (χ0n) is 18.8. The molecule has 0 radical (unpaired) electrons. The first-order valence-corrected chi connectivity index (χ1v) is 12.0. The number of ether oxygens (including phenoxy) is 1. The summed E-state index contributed by atoms with van der Waals surface area (Å²) in [6.07, 6.45) is -1.25. The second kappa shape index (κ2) is 9.89. The van der Waals surface area contributed by atoms with Gasteiger partial charge in [-0.1, -0.05) is 30.3 Å². The summed E-state index contributed by atoms with van der Waals surface area (Å²) in [6, 6.07) is 19.1. The number of fused-ring (bicyclic) bond motifs is 1. The number of aromatic amines is 1. The van der Waals surface area contributed by atoms with Gasteiger partial charge in [0.25, 0.3) is 10.0 Å². The predicted molar refractivity (Wildman–Crippen MR) is 130 cm³/mol. The summed E-state index contributed by atoms with van der Waals surface area (Å²) in [4.78, 5) is 19.6. The highest BCUT2D eigenvalue weighted by atomic mass is 32.2. The Morgan fingerprint density at radius 1 is 1.14 bits per heavy atom. The molecule has 0 unspecified atom stereocenters. The summed E-state index contributed by atoms with van der Waals surface area (Å²) in [7, 11) is -4.21. The molecule has 1 heterocycles. The van der Waals surface area contributed by atoms with Crippen molar-refractivity contribution in [2.75, 3.05) is 4.72 Å². The van der Waals surface area contributed by atoms with Gasteiger partial charge >= 0.3 is 5.97 Å². The molecular formula is C25H19FN4O5S. The lowest BCUT2D eigenvalue weighted by Crippen LogP contribution is -2.19. The number of hydrogen-bond donors (Lipinski definition) is 3. The van der Waals surface area contributed by atoms with Crippen LogP contribution in [0, 0.1) is 17.1 Å². The highest BCUT2D eigenvalue weighted by molar-refractivity contribution is 7.92. The summed E-state index contributed by atoms with van der Waals surface area (Å²) < 4.78 is 46.7. The molecule has 3 aromatic carbocycles. The standard InChI is InChI=1S/C25H19FN4O5S/c1-15(23(31)18(14-27)24-28-21-11-4-5-12-22(21)29-24)35-25(32)16-7-6-8-17(13-16)36(33,34)30-20-10-3-2-9-19(20)26/h2-13,15,30-31H,1H3,(H,28,29)/b23-18-/t15-/m0/s1. The third kappa shape index (κ3) is 5.03. The largest absolute Gasteiger partial charge is 0.507 e. The summed E-state index contributed by atoms with van der Waals surface area (Å²) in [5.74, 6) is -2.13. The average molecular weight is 507 g/mol. The van der Waals surface area contributed by atoms with Gasteiger partial charge in [-0.05, 0) is 49.4 Å². The molecule has 0 amide bonds. The first-order valence-electron chi connectivity index (χ1n) is 10.6. The van der Waals surface area contributed by atoms with Crippen LogP contribution in [0.3, 0.4) is 0 Å². The van der Waals surface area contributed by atoms with E-state index in [0.29, 0.717) is 11.0 Å². The molecule has 0 aliphatic rings. The Morgan fingerprint density at radius 2 is 1.86 bits per heavy atom. The summed E-state index contributed by atoms with van der Waals surface area (Å²) in [5.41, 5.74) is 0.647. The van der Waals surface area contributed by atoms with Crippen molar-refractivity contribution < 1.29 is 27.4 Å². The third-order valence-electron chi connectivity index (χ3n) is 5.16. The number of halogens is 1. The van der Waals surface area contributed by atoms with Crippen LogP contribution < -0.4 is 4.72 Å². The minimum atomic E-state index is -4.21. The van der Waals surface area contributed by atoms with Gasteiger partial charge < -0.3 is 14.8 Å². The van der Waals surface area contributed by atoms with Crippen LogP contribution in [0.1, 0.15) is 23.1 Å². The molecule has 0 fully saturated rings. The topological polar surface area (TPSA) is 145 Å². The molecule has 182 valence electrons. The molecule has 4 aromatic rings. The van der Waals surface area contributed by atoms with Crippen molar-refractivity contribution in [1.29, 1.82) is 5.26 Å². The van der Waals surface area contributed by atoms with Gasteiger partial charge in [0.2, 0.25) is 0 Å². The van der Waals surface area contributed by atoms with Gasteiger partial charge in [0, 0.05) is 0 Å². The monoisotopic (exact) mass is 506 g/mol. The van der Waals surface area contributed by atoms with Crippen molar-refractivity contribution in [3.63, 3.8) is 0 Å². The van der Waals surface area contributed by atoms with E-state index >= 15 is 0 Å². The fourth-order valence-electron chi connectivity index (χ4n) is 3.33. The van der Waals surface area contributed by atoms with Crippen LogP contribution in [0.25, 0.3) is 16.6 Å². The smallest absolute Gasteiger partial charge is 0.338 e. The number of rotatable bonds is 7. The van der Waals surface area contributed by atoms with Crippen LogP contribution in [0.15, 0.2) is 83.5 Å². The molecule has 0 aliphatic carbocycles. The third-order valence-corrected chi connectivity index (χ3v) is 6.52. The summed E-state index contributed by atoms with van der Waals surface area (Å²) in [6.45, 7) is 1.35. The number of anilines is 1. The Labute approximate surface area is 205 Å². The van der Waals surface area contributed by atoms with Crippen molar-refractivity contribution in [2.24, 2.45) is 0 Å². The fraction of sp³-hybridized carbons (Fsp3) is 0.0800. The number of aliphatic hydroxyl groups excluding tert-OH is 1. The molecule has 0 saturated heterocycles. The number of hydrogen-bond acceptors (Lipinski definition) is 7. The number of esters is 1. The molecule has 0 spiro atoms. The van der Waals surface area contributed by atoms with Gasteiger partial charge in [-0.3, -0.25) is 4.72 Å². The van der Waals surface area contributed by atoms with Gasteiger partial charge in [-0.2, -0.15) is 5.26 Å². The Bertz CT molecular complexity index is 1610. The number of aromatic nitrogens is 2. The number of imidazole rings is 1. The minimum Gasteiger partial charge on any atom is -0.507 e. The van der Waals surface area contributed by atoms with E-state index in [4.69, 9.17) is 4.74 Å². The highest BCUT2D eigenvalue weighted by Crippen LogP contribution is 2.23. The summed E-state index contributed by atoms with van der Waals surface area (Å²) in [5, 5.41) is 20.2. The molecule has 0 bridgehead atoms. The molecule has 3 N–H and O–H groups in total. The maximum atomic E-state index is 13.9. The van der Waals surface area contributed by atoms with Crippen molar-refractivity contribution in [1.82, 2.24) is 9.97 Å². The maximum Gasteiger partial charge on any atom is 0.338 e. The fourth-order valence-corrected chi connectivity index (χ4v) is 4.44. The van der Waals surface area contributed by atoms with Crippen LogP contribution in [0.5, 0.6) is 0 Å². The Balaban J connectivity index is 1.55.